The van der Waals surface area contributed by atoms with Crippen molar-refractivity contribution in [2.24, 2.45) is 5.41 Å². The minimum absolute atomic E-state index is 0.0798. The Morgan fingerprint density at radius 3 is 2.11 bits per heavy atom. The van der Waals surface area contributed by atoms with E-state index in [9.17, 15) is 9.59 Å². The summed E-state index contributed by atoms with van der Waals surface area (Å²) in [6.45, 7) is 5.21. The first kappa shape index (κ1) is 15.2. The number of hydrogen-bond donors (Lipinski definition) is 0. The molecule has 0 saturated carbocycles. The molecule has 0 radical (unpaired) electrons. The molecule has 4 nitrogen and oxygen atoms in total. The van der Waals surface area contributed by atoms with Gasteiger partial charge in [0.25, 0.3) is 0 Å². The topological polar surface area (TPSA) is 52.6 Å². The highest BCUT2D eigenvalue weighted by molar-refractivity contribution is 6.39. The molecule has 1 aromatic rings. The van der Waals surface area contributed by atoms with Crippen molar-refractivity contribution in [3.63, 3.8) is 0 Å². The molecule has 19 heavy (non-hydrogen) atoms. The van der Waals surface area contributed by atoms with Gasteiger partial charge in [-0.05, 0) is 17.7 Å². The number of carbonyl (C=O) groups is 2. The lowest BCUT2D eigenvalue weighted by atomic mass is 9.86. The molecule has 4 heteroatoms. The van der Waals surface area contributed by atoms with Gasteiger partial charge in [-0.3, -0.25) is 9.59 Å². The monoisotopic (exact) mass is 264 g/mol. The summed E-state index contributed by atoms with van der Waals surface area (Å²) in [6.07, 6.45) is 0.0798. The van der Waals surface area contributed by atoms with Crippen molar-refractivity contribution in [1.82, 2.24) is 0 Å². The summed E-state index contributed by atoms with van der Waals surface area (Å²) in [7, 11) is 3.08. The number of rotatable bonds is 5. The number of ether oxygens (including phenoxy) is 2. The lowest BCUT2D eigenvalue weighted by Crippen LogP contribution is -2.29. The second kappa shape index (κ2) is 5.87. The van der Waals surface area contributed by atoms with Crippen LogP contribution in [0.25, 0.3) is 0 Å². The molecular formula is C15H20O4. The highest BCUT2D eigenvalue weighted by atomic mass is 16.5. The fraction of sp³-hybridized carbons (Fsp3) is 0.467. The van der Waals surface area contributed by atoms with Gasteiger partial charge in [0, 0.05) is 11.8 Å². The third-order valence-electron chi connectivity index (χ3n) is 2.75. The summed E-state index contributed by atoms with van der Waals surface area (Å²) in [5.41, 5.74) is 0.0911. The zero-order valence-corrected chi connectivity index (χ0v) is 12.1. The van der Waals surface area contributed by atoms with E-state index < -0.39 is 5.41 Å². The van der Waals surface area contributed by atoms with Crippen LogP contribution in [0.1, 0.15) is 26.3 Å². The summed E-state index contributed by atoms with van der Waals surface area (Å²) in [5.74, 6) is 0.402. The zero-order valence-electron chi connectivity index (χ0n) is 12.1. The van der Waals surface area contributed by atoms with E-state index in [2.05, 4.69) is 0 Å². The lowest BCUT2D eigenvalue weighted by Gasteiger charge is -2.15. The van der Waals surface area contributed by atoms with E-state index in [1.54, 1.807) is 46.1 Å². The first-order chi connectivity index (χ1) is 8.79. The molecule has 0 heterocycles. The van der Waals surface area contributed by atoms with Crippen LogP contribution < -0.4 is 9.47 Å². The van der Waals surface area contributed by atoms with Crippen LogP contribution in [0.4, 0.5) is 0 Å². The molecule has 0 aliphatic carbocycles. The molecule has 0 bridgehead atoms. The van der Waals surface area contributed by atoms with Crippen LogP contribution >= 0.6 is 0 Å². The zero-order chi connectivity index (χ0) is 14.6. The van der Waals surface area contributed by atoms with E-state index in [0.29, 0.717) is 11.5 Å². The Hall–Kier alpha value is -1.84. The molecule has 0 N–H and O–H groups in total. The summed E-state index contributed by atoms with van der Waals surface area (Å²) in [4.78, 5) is 23.7. The molecule has 0 aliphatic heterocycles. The van der Waals surface area contributed by atoms with Crippen molar-refractivity contribution < 1.29 is 19.1 Å². The normalized spacial score (nSPS) is 11.0. The molecule has 0 fully saturated rings. The number of methoxy groups -OCH3 is 2. The van der Waals surface area contributed by atoms with Gasteiger partial charge in [-0.15, -0.1) is 0 Å². The van der Waals surface area contributed by atoms with Crippen molar-refractivity contribution in [1.29, 1.82) is 0 Å². The molecule has 0 aliphatic rings. The predicted octanol–water partition coefficient (Wildman–Crippen LogP) is 2.43. The number of Topliss-reactive ketones (excluding diaryl/α,β-unsaturated/α-hetero) is 2. The first-order valence-corrected chi connectivity index (χ1v) is 6.08. The van der Waals surface area contributed by atoms with Crippen molar-refractivity contribution in [3.8, 4) is 11.5 Å². The Morgan fingerprint density at radius 2 is 1.63 bits per heavy atom. The molecule has 0 atom stereocenters. The highest BCUT2D eigenvalue weighted by Gasteiger charge is 2.27. The van der Waals surface area contributed by atoms with E-state index in [1.807, 2.05) is 0 Å². The van der Waals surface area contributed by atoms with Gasteiger partial charge in [0.05, 0.1) is 14.2 Å². The minimum atomic E-state index is -0.645. The van der Waals surface area contributed by atoms with E-state index in [-0.39, 0.29) is 18.0 Å². The van der Waals surface area contributed by atoms with Crippen LogP contribution in [0.5, 0.6) is 11.5 Å². The highest BCUT2D eigenvalue weighted by Crippen LogP contribution is 2.28. The average molecular weight is 264 g/mol. The maximum Gasteiger partial charge on any atom is 0.204 e. The number of benzene rings is 1. The molecule has 0 amide bonds. The van der Waals surface area contributed by atoms with E-state index in [4.69, 9.17) is 9.47 Å². The molecule has 1 aromatic carbocycles. The Kier molecular flexibility index (Phi) is 4.70. The van der Waals surface area contributed by atoms with Gasteiger partial charge < -0.3 is 9.47 Å². The molecule has 0 saturated heterocycles. The second-order valence-electron chi connectivity index (χ2n) is 5.37. The second-order valence-corrected chi connectivity index (χ2v) is 5.37. The van der Waals surface area contributed by atoms with Crippen molar-refractivity contribution in [2.45, 2.75) is 27.2 Å². The largest absolute Gasteiger partial charge is 0.493 e. The smallest absolute Gasteiger partial charge is 0.204 e. The average Bonchev–Trinajstić information content (AvgIpc) is 2.36. The lowest BCUT2D eigenvalue weighted by molar-refractivity contribution is -0.140. The van der Waals surface area contributed by atoms with Crippen molar-refractivity contribution in [3.05, 3.63) is 23.8 Å². The van der Waals surface area contributed by atoms with Crippen LogP contribution in [-0.4, -0.2) is 25.8 Å². The van der Waals surface area contributed by atoms with Crippen molar-refractivity contribution >= 4 is 11.6 Å². The van der Waals surface area contributed by atoms with E-state index in [0.717, 1.165) is 5.56 Å². The summed E-state index contributed by atoms with van der Waals surface area (Å²) in [5, 5.41) is 0. The van der Waals surface area contributed by atoms with E-state index in [1.165, 1.54) is 7.11 Å². The number of carbonyl (C=O) groups excluding carboxylic acids is 2. The number of hydrogen-bond acceptors (Lipinski definition) is 4. The Bertz CT molecular complexity index is 483. The van der Waals surface area contributed by atoms with Crippen LogP contribution in [0.3, 0.4) is 0 Å². The van der Waals surface area contributed by atoms with Gasteiger partial charge in [-0.2, -0.15) is 0 Å². The molecular weight excluding hydrogens is 244 g/mol. The fourth-order valence-corrected chi connectivity index (χ4v) is 1.67. The molecule has 104 valence electrons. The SMILES string of the molecule is COc1ccc(CC(=O)C(=O)C(C)(C)C)cc1OC. The molecule has 0 unspecified atom stereocenters. The van der Waals surface area contributed by atoms with Gasteiger partial charge in [0.15, 0.2) is 11.5 Å². The Morgan fingerprint density at radius 1 is 1.05 bits per heavy atom. The molecule has 0 spiro atoms. The third-order valence-corrected chi connectivity index (χ3v) is 2.75. The minimum Gasteiger partial charge on any atom is -0.493 e. The van der Waals surface area contributed by atoms with Crippen LogP contribution in [0.2, 0.25) is 0 Å². The van der Waals surface area contributed by atoms with Crippen LogP contribution in [-0.2, 0) is 16.0 Å². The maximum absolute atomic E-state index is 11.9. The van der Waals surface area contributed by atoms with Gasteiger partial charge in [-0.25, -0.2) is 0 Å². The first-order valence-electron chi connectivity index (χ1n) is 6.08. The standard InChI is InChI=1S/C15H20O4/c1-15(2,3)14(17)11(16)8-10-6-7-12(18-4)13(9-10)19-5/h6-7,9H,8H2,1-5H3. The fourth-order valence-electron chi connectivity index (χ4n) is 1.67. The molecule has 1 rings (SSSR count). The maximum atomic E-state index is 11.9. The van der Waals surface area contributed by atoms with Gasteiger partial charge in [-0.1, -0.05) is 26.8 Å². The van der Waals surface area contributed by atoms with Crippen LogP contribution in [0, 0.1) is 5.41 Å². The van der Waals surface area contributed by atoms with Gasteiger partial charge >= 0.3 is 0 Å². The Balaban J connectivity index is 2.89. The summed E-state index contributed by atoms with van der Waals surface area (Å²) >= 11 is 0. The number of ketones is 2. The van der Waals surface area contributed by atoms with Gasteiger partial charge in [0.1, 0.15) is 0 Å². The van der Waals surface area contributed by atoms with Gasteiger partial charge in [0.2, 0.25) is 11.6 Å². The van der Waals surface area contributed by atoms with Crippen molar-refractivity contribution in [2.75, 3.05) is 14.2 Å². The summed E-state index contributed by atoms with van der Waals surface area (Å²) < 4.78 is 10.3. The predicted molar refractivity (Wildman–Crippen MR) is 72.7 cm³/mol. The van der Waals surface area contributed by atoms with E-state index >= 15 is 0 Å². The third kappa shape index (κ3) is 3.81. The quantitative estimate of drug-likeness (QED) is 0.766. The van der Waals surface area contributed by atoms with Crippen LogP contribution in [0.15, 0.2) is 18.2 Å². The molecule has 0 aromatic heterocycles. The Labute approximate surface area is 113 Å². The summed E-state index contributed by atoms with van der Waals surface area (Å²) in [6, 6.07) is 5.20.